The van der Waals surface area contributed by atoms with Gasteiger partial charge in [-0.2, -0.15) is 0 Å². The van der Waals surface area contributed by atoms with Crippen molar-refractivity contribution in [3.63, 3.8) is 0 Å². The summed E-state index contributed by atoms with van der Waals surface area (Å²) in [4.78, 5) is 16.7. The van der Waals surface area contributed by atoms with Crippen molar-refractivity contribution < 1.29 is 13.2 Å². The highest BCUT2D eigenvalue weighted by Gasteiger charge is 2.31. The van der Waals surface area contributed by atoms with Crippen LogP contribution in [0.3, 0.4) is 0 Å². The van der Waals surface area contributed by atoms with Gasteiger partial charge in [0.15, 0.2) is 0 Å². The zero-order valence-corrected chi connectivity index (χ0v) is 14.6. The molecule has 24 heavy (non-hydrogen) atoms. The molecule has 6 nitrogen and oxygen atoms in total. The summed E-state index contributed by atoms with van der Waals surface area (Å²) in [7, 11) is -3.57. The molecular formula is C17H23N3O3S. The van der Waals surface area contributed by atoms with Crippen molar-refractivity contribution >= 4 is 21.8 Å². The third kappa shape index (κ3) is 3.61. The maximum Gasteiger partial charge on any atom is 0.263 e. The molecule has 0 unspecified atom stereocenters. The van der Waals surface area contributed by atoms with Crippen LogP contribution >= 0.6 is 0 Å². The van der Waals surface area contributed by atoms with Crippen LogP contribution in [0.5, 0.6) is 0 Å². The summed E-state index contributed by atoms with van der Waals surface area (Å²) in [6.07, 6.45) is 6.08. The van der Waals surface area contributed by atoms with Crippen molar-refractivity contribution in [2.24, 2.45) is 10.9 Å². The Balaban J connectivity index is 1.66. The number of amides is 1. The van der Waals surface area contributed by atoms with Gasteiger partial charge in [-0.15, -0.1) is 0 Å². The lowest BCUT2D eigenvalue weighted by atomic mass is 9.89. The SMILES string of the molecule is C[C@H](N=C1NS(=O)(=O)c2ccccc21)C(=O)NCC1CCCCC1. The van der Waals surface area contributed by atoms with Crippen molar-refractivity contribution in [2.45, 2.75) is 50.0 Å². The molecule has 1 aromatic rings. The first kappa shape index (κ1) is 17.0. The molecular weight excluding hydrogens is 326 g/mol. The topological polar surface area (TPSA) is 87.6 Å². The predicted octanol–water partition coefficient (Wildman–Crippen LogP) is 1.81. The molecule has 0 radical (unpaired) electrons. The van der Waals surface area contributed by atoms with E-state index in [0.29, 0.717) is 18.0 Å². The number of amidine groups is 1. The summed E-state index contributed by atoms with van der Waals surface area (Å²) in [6.45, 7) is 2.36. The van der Waals surface area contributed by atoms with Gasteiger partial charge in [0.1, 0.15) is 11.9 Å². The number of hydrogen-bond acceptors (Lipinski definition) is 4. The van der Waals surface area contributed by atoms with Gasteiger partial charge in [0, 0.05) is 12.1 Å². The molecule has 0 aromatic heterocycles. The number of benzene rings is 1. The van der Waals surface area contributed by atoms with Gasteiger partial charge in [-0.25, -0.2) is 8.42 Å². The Hall–Kier alpha value is -1.89. The Morgan fingerprint density at radius 2 is 2.00 bits per heavy atom. The fourth-order valence-electron chi connectivity index (χ4n) is 3.27. The number of nitrogens with zero attached hydrogens (tertiary/aromatic N) is 1. The molecule has 3 rings (SSSR count). The highest BCUT2D eigenvalue weighted by atomic mass is 32.2. The fraction of sp³-hybridized carbons (Fsp3) is 0.529. The Labute approximate surface area is 142 Å². The Kier molecular flexibility index (Phi) is 4.89. The number of carbonyl (C=O) groups is 1. The smallest absolute Gasteiger partial charge is 0.263 e. The number of nitrogens with one attached hydrogen (secondary N) is 2. The van der Waals surface area contributed by atoms with Crippen LogP contribution in [0.15, 0.2) is 34.2 Å². The van der Waals surface area contributed by atoms with E-state index in [9.17, 15) is 13.2 Å². The van der Waals surface area contributed by atoms with Crippen LogP contribution in [0.2, 0.25) is 0 Å². The van der Waals surface area contributed by atoms with Gasteiger partial charge in [0.25, 0.3) is 10.0 Å². The van der Waals surface area contributed by atoms with E-state index >= 15 is 0 Å². The number of rotatable bonds is 4. The third-order valence-corrected chi connectivity index (χ3v) is 6.05. The second kappa shape index (κ2) is 6.93. The van der Waals surface area contributed by atoms with Gasteiger partial charge in [0.2, 0.25) is 5.91 Å². The zero-order valence-electron chi connectivity index (χ0n) is 13.8. The third-order valence-electron chi connectivity index (χ3n) is 4.65. The molecule has 1 fully saturated rings. The van der Waals surface area contributed by atoms with Crippen molar-refractivity contribution in [3.05, 3.63) is 29.8 Å². The molecule has 7 heteroatoms. The lowest BCUT2D eigenvalue weighted by Gasteiger charge is -2.22. The molecule has 1 aromatic carbocycles. The van der Waals surface area contributed by atoms with Crippen molar-refractivity contribution in [2.75, 3.05) is 6.54 Å². The van der Waals surface area contributed by atoms with E-state index in [0.717, 1.165) is 12.8 Å². The molecule has 1 saturated carbocycles. The molecule has 130 valence electrons. The second-order valence-electron chi connectivity index (χ2n) is 6.50. The number of hydrogen-bond donors (Lipinski definition) is 2. The largest absolute Gasteiger partial charge is 0.354 e. The molecule has 0 saturated heterocycles. The maximum atomic E-state index is 12.3. The standard InChI is InChI=1S/C17H23N3O3S/c1-12(17(21)18-11-13-7-3-2-4-8-13)19-16-14-9-5-6-10-15(14)24(22,23)20-16/h5-6,9-10,12-13H,2-4,7-8,11H2,1H3,(H,18,21)(H,19,20)/t12-/m0/s1. The van der Waals surface area contributed by atoms with Gasteiger partial charge in [0.05, 0.1) is 4.90 Å². The van der Waals surface area contributed by atoms with E-state index in [1.54, 1.807) is 25.1 Å². The normalized spacial score (nSPS) is 22.6. The van der Waals surface area contributed by atoms with Crippen LogP contribution in [0.1, 0.15) is 44.6 Å². The minimum absolute atomic E-state index is 0.170. The fourth-order valence-corrected chi connectivity index (χ4v) is 4.51. The highest BCUT2D eigenvalue weighted by Crippen LogP contribution is 2.23. The van der Waals surface area contributed by atoms with Gasteiger partial charge in [-0.05, 0) is 37.8 Å². The first-order chi connectivity index (χ1) is 11.5. The highest BCUT2D eigenvalue weighted by molar-refractivity contribution is 7.90. The van der Waals surface area contributed by atoms with E-state index in [1.165, 1.54) is 25.3 Å². The lowest BCUT2D eigenvalue weighted by molar-refractivity contribution is -0.122. The molecule has 2 aliphatic rings. The van der Waals surface area contributed by atoms with E-state index in [-0.39, 0.29) is 16.6 Å². The van der Waals surface area contributed by atoms with Crippen LogP contribution in [0.25, 0.3) is 0 Å². The summed E-state index contributed by atoms with van der Waals surface area (Å²) in [5, 5.41) is 2.95. The average molecular weight is 349 g/mol. The van der Waals surface area contributed by atoms with Gasteiger partial charge in [-0.3, -0.25) is 14.5 Å². The maximum absolute atomic E-state index is 12.3. The number of carbonyl (C=O) groups excluding carboxylic acids is 1. The Morgan fingerprint density at radius 1 is 1.29 bits per heavy atom. The van der Waals surface area contributed by atoms with E-state index < -0.39 is 16.1 Å². The molecule has 1 aliphatic carbocycles. The monoisotopic (exact) mass is 349 g/mol. The zero-order chi connectivity index (χ0) is 17.2. The molecule has 1 amide bonds. The summed E-state index contributed by atoms with van der Waals surface area (Å²) in [6, 6.07) is 6.01. The van der Waals surface area contributed by atoms with E-state index in [1.807, 2.05) is 0 Å². The van der Waals surface area contributed by atoms with Crippen LogP contribution in [0.4, 0.5) is 0 Å². The van der Waals surface area contributed by atoms with E-state index in [4.69, 9.17) is 0 Å². The van der Waals surface area contributed by atoms with Crippen molar-refractivity contribution in [1.82, 2.24) is 10.0 Å². The average Bonchev–Trinajstić information content (AvgIpc) is 2.84. The molecule has 1 heterocycles. The molecule has 0 bridgehead atoms. The molecule has 1 aliphatic heterocycles. The number of fused-ring (bicyclic) bond motifs is 1. The van der Waals surface area contributed by atoms with Gasteiger partial charge >= 0.3 is 0 Å². The van der Waals surface area contributed by atoms with Crippen molar-refractivity contribution in [1.29, 1.82) is 0 Å². The summed E-state index contributed by atoms with van der Waals surface area (Å²) in [5.41, 5.74) is 0.518. The molecule has 2 N–H and O–H groups in total. The first-order valence-corrected chi connectivity index (χ1v) is 9.93. The second-order valence-corrected chi connectivity index (χ2v) is 8.16. The van der Waals surface area contributed by atoms with Crippen LogP contribution in [0, 0.1) is 5.92 Å². The van der Waals surface area contributed by atoms with Gasteiger partial charge < -0.3 is 5.32 Å². The van der Waals surface area contributed by atoms with Gasteiger partial charge in [-0.1, -0.05) is 31.4 Å². The molecule has 0 spiro atoms. The van der Waals surface area contributed by atoms with Crippen LogP contribution in [-0.4, -0.2) is 32.7 Å². The Bertz CT molecular complexity index is 752. The molecule has 1 atom stereocenters. The van der Waals surface area contributed by atoms with Crippen molar-refractivity contribution in [3.8, 4) is 0 Å². The summed E-state index contributed by atoms with van der Waals surface area (Å²) < 4.78 is 26.5. The number of aliphatic imine (C=N–C) groups is 1. The Morgan fingerprint density at radius 3 is 2.75 bits per heavy atom. The van der Waals surface area contributed by atoms with Crippen LogP contribution < -0.4 is 10.0 Å². The minimum atomic E-state index is -3.57. The first-order valence-electron chi connectivity index (χ1n) is 8.45. The predicted molar refractivity (Wildman–Crippen MR) is 92.3 cm³/mol. The summed E-state index contributed by atoms with van der Waals surface area (Å²) >= 11 is 0. The summed E-state index contributed by atoms with van der Waals surface area (Å²) in [5.74, 6) is 0.621. The minimum Gasteiger partial charge on any atom is -0.354 e. The van der Waals surface area contributed by atoms with Crippen LogP contribution in [-0.2, 0) is 14.8 Å². The quantitative estimate of drug-likeness (QED) is 0.869. The lowest BCUT2D eigenvalue weighted by Crippen LogP contribution is -2.37. The number of sulfonamides is 1. The van der Waals surface area contributed by atoms with E-state index in [2.05, 4.69) is 15.0 Å².